The average Bonchev–Trinajstić information content (AvgIpc) is 3.05. The lowest BCUT2D eigenvalue weighted by Gasteiger charge is -2.24. The lowest BCUT2D eigenvalue weighted by Crippen LogP contribution is -2.41. The monoisotopic (exact) mass is 287 g/mol. The van der Waals surface area contributed by atoms with Crippen molar-refractivity contribution < 1.29 is 9.59 Å². The van der Waals surface area contributed by atoms with Crippen LogP contribution in [0.4, 0.5) is 0 Å². The molecule has 2 amide bonds. The first-order chi connectivity index (χ1) is 8.69. The highest BCUT2D eigenvalue weighted by Gasteiger charge is 2.42. The Morgan fingerprint density at radius 1 is 1.32 bits per heavy atom. The fourth-order valence-corrected chi connectivity index (χ4v) is 3.43. The number of hydrogen-bond acceptors (Lipinski definition) is 3. The minimum atomic E-state index is 0. The molecule has 5 nitrogen and oxygen atoms in total. The van der Waals surface area contributed by atoms with Crippen LogP contribution in [0, 0.1) is 5.41 Å². The third-order valence-corrected chi connectivity index (χ3v) is 4.62. The molecule has 0 radical (unpaired) electrons. The normalized spacial score (nSPS) is 30.2. The van der Waals surface area contributed by atoms with Gasteiger partial charge in [0, 0.05) is 38.0 Å². The van der Waals surface area contributed by atoms with Gasteiger partial charge in [0.1, 0.15) is 0 Å². The molecular weight excluding hydrogens is 266 g/mol. The number of nitrogens with zero attached hydrogens (tertiary/aromatic N) is 2. The van der Waals surface area contributed by atoms with Gasteiger partial charge in [0.25, 0.3) is 0 Å². The van der Waals surface area contributed by atoms with Crippen LogP contribution in [0.5, 0.6) is 0 Å². The highest BCUT2D eigenvalue weighted by molar-refractivity contribution is 5.86. The summed E-state index contributed by atoms with van der Waals surface area (Å²) in [5, 5.41) is 3.39. The molecule has 3 saturated heterocycles. The van der Waals surface area contributed by atoms with Crippen LogP contribution in [-0.4, -0.2) is 60.9 Å². The van der Waals surface area contributed by atoms with E-state index in [1.807, 2.05) is 4.90 Å². The van der Waals surface area contributed by atoms with Gasteiger partial charge in [-0.05, 0) is 25.8 Å². The van der Waals surface area contributed by atoms with Crippen molar-refractivity contribution in [2.24, 2.45) is 5.41 Å². The Morgan fingerprint density at radius 2 is 2.16 bits per heavy atom. The molecule has 0 saturated carbocycles. The summed E-state index contributed by atoms with van der Waals surface area (Å²) in [4.78, 5) is 27.4. The molecule has 1 N–H and O–H groups in total. The second kappa shape index (κ2) is 5.67. The summed E-state index contributed by atoms with van der Waals surface area (Å²) in [5.74, 6) is 0.272. The van der Waals surface area contributed by atoms with Crippen LogP contribution in [0.15, 0.2) is 0 Å². The predicted molar refractivity (Wildman–Crippen MR) is 74.2 cm³/mol. The van der Waals surface area contributed by atoms with Gasteiger partial charge in [0.05, 0.1) is 6.54 Å². The molecule has 3 heterocycles. The number of hydrogen-bond donors (Lipinski definition) is 1. The van der Waals surface area contributed by atoms with Gasteiger partial charge in [-0.2, -0.15) is 0 Å². The van der Waals surface area contributed by atoms with E-state index in [4.69, 9.17) is 0 Å². The van der Waals surface area contributed by atoms with E-state index in [1.54, 1.807) is 4.90 Å². The Kier molecular flexibility index (Phi) is 4.36. The van der Waals surface area contributed by atoms with E-state index >= 15 is 0 Å². The Balaban J connectivity index is 0.00000133. The first kappa shape index (κ1) is 14.6. The molecule has 19 heavy (non-hydrogen) atoms. The Labute approximate surface area is 120 Å². The number of nitrogens with one attached hydrogen (secondary N) is 1. The molecule has 0 aromatic carbocycles. The smallest absolute Gasteiger partial charge is 0.242 e. The summed E-state index contributed by atoms with van der Waals surface area (Å²) in [6, 6.07) is 0. The maximum absolute atomic E-state index is 12.2. The topological polar surface area (TPSA) is 52.7 Å². The first-order valence-electron chi connectivity index (χ1n) is 6.95. The van der Waals surface area contributed by atoms with Crippen molar-refractivity contribution in [1.82, 2.24) is 15.1 Å². The Bertz CT molecular complexity index is 369. The summed E-state index contributed by atoms with van der Waals surface area (Å²) >= 11 is 0. The van der Waals surface area contributed by atoms with E-state index in [1.165, 1.54) is 6.42 Å². The van der Waals surface area contributed by atoms with Crippen LogP contribution in [0.1, 0.15) is 25.7 Å². The summed E-state index contributed by atoms with van der Waals surface area (Å²) in [6.45, 7) is 4.91. The fraction of sp³-hybridized carbons (Fsp3) is 0.846. The number of rotatable bonds is 2. The summed E-state index contributed by atoms with van der Waals surface area (Å²) in [5.41, 5.74) is 0.324. The minimum Gasteiger partial charge on any atom is -0.341 e. The Morgan fingerprint density at radius 3 is 2.79 bits per heavy atom. The van der Waals surface area contributed by atoms with Crippen LogP contribution >= 0.6 is 12.4 Å². The van der Waals surface area contributed by atoms with Crippen molar-refractivity contribution >= 4 is 24.2 Å². The maximum atomic E-state index is 12.2. The van der Waals surface area contributed by atoms with Crippen molar-refractivity contribution in [1.29, 1.82) is 0 Å². The Hall–Kier alpha value is -0.810. The molecular formula is C13H22ClN3O2. The lowest BCUT2D eigenvalue weighted by molar-refractivity contribution is -0.137. The molecule has 3 fully saturated rings. The minimum absolute atomic E-state index is 0. The second-order valence-electron chi connectivity index (χ2n) is 5.91. The van der Waals surface area contributed by atoms with Crippen molar-refractivity contribution in [3.63, 3.8) is 0 Å². The van der Waals surface area contributed by atoms with Gasteiger partial charge in [0.15, 0.2) is 0 Å². The van der Waals surface area contributed by atoms with Crippen LogP contribution in [0.2, 0.25) is 0 Å². The summed E-state index contributed by atoms with van der Waals surface area (Å²) in [6.07, 6.45) is 3.81. The highest BCUT2D eigenvalue weighted by Crippen LogP contribution is 2.36. The summed E-state index contributed by atoms with van der Waals surface area (Å²) in [7, 11) is 0. The summed E-state index contributed by atoms with van der Waals surface area (Å²) < 4.78 is 0. The molecule has 0 bridgehead atoms. The van der Waals surface area contributed by atoms with Gasteiger partial charge >= 0.3 is 0 Å². The zero-order chi connectivity index (χ0) is 12.6. The third kappa shape index (κ3) is 2.87. The molecule has 3 aliphatic rings. The molecule has 3 aliphatic heterocycles. The van der Waals surface area contributed by atoms with E-state index in [2.05, 4.69) is 5.32 Å². The molecule has 6 heteroatoms. The largest absolute Gasteiger partial charge is 0.341 e. The zero-order valence-corrected chi connectivity index (χ0v) is 12.0. The van der Waals surface area contributed by atoms with Crippen molar-refractivity contribution in [2.45, 2.75) is 25.7 Å². The predicted octanol–water partition coefficient (Wildman–Crippen LogP) is 0.243. The van der Waals surface area contributed by atoms with Gasteiger partial charge in [0.2, 0.25) is 11.8 Å². The lowest BCUT2D eigenvalue weighted by atomic mass is 9.87. The molecule has 108 valence electrons. The molecule has 1 atom stereocenters. The van der Waals surface area contributed by atoms with Gasteiger partial charge in [-0.1, -0.05) is 0 Å². The number of likely N-dealkylation sites (tertiary alicyclic amines) is 2. The SMILES string of the molecule is Cl.O=C1CCCN1CC(=O)N1CCC2(CCNC2)C1. The number of carbonyl (C=O) groups excluding carboxylic acids is 2. The quantitative estimate of drug-likeness (QED) is 0.792. The van der Waals surface area contributed by atoms with Crippen LogP contribution in [0.25, 0.3) is 0 Å². The molecule has 0 aromatic heterocycles. The van der Waals surface area contributed by atoms with Crippen molar-refractivity contribution in [3.05, 3.63) is 0 Å². The van der Waals surface area contributed by atoms with E-state index in [9.17, 15) is 9.59 Å². The van der Waals surface area contributed by atoms with Gasteiger partial charge < -0.3 is 15.1 Å². The molecule has 0 aliphatic carbocycles. The van der Waals surface area contributed by atoms with Crippen LogP contribution in [0.3, 0.4) is 0 Å². The van der Waals surface area contributed by atoms with Gasteiger partial charge in [-0.3, -0.25) is 9.59 Å². The molecule has 1 spiro atoms. The van der Waals surface area contributed by atoms with Crippen LogP contribution < -0.4 is 5.32 Å². The third-order valence-electron chi connectivity index (χ3n) is 4.62. The maximum Gasteiger partial charge on any atom is 0.242 e. The number of halogens is 1. The molecule has 0 aromatic rings. The molecule has 3 rings (SSSR count). The fourth-order valence-electron chi connectivity index (χ4n) is 3.43. The first-order valence-corrected chi connectivity index (χ1v) is 6.95. The van der Waals surface area contributed by atoms with Crippen LogP contribution in [-0.2, 0) is 9.59 Å². The highest BCUT2D eigenvalue weighted by atomic mass is 35.5. The number of amides is 2. The van der Waals surface area contributed by atoms with E-state index < -0.39 is 0 Å². The standard InChI is InChI=1S/C13H21N3O2.ClH/c17-11-2-1-6-15(11)8-12(18)16-7-4-13(10-16)3-5-14-9-13;/h14H,1-10H2;1H. The number of carbonyl (C=O) groups is 2. The van der Waals surface area contributed by atoms with Crippen molar-refractivity contribution in [2.75, 3.05) is 39.3 Å². The van der Waals surface area contributed by atoms with Gasteiger partial charge in [-0.15, -0.1) is 12.4 Å². The van der Waals surface area contributed by atoms with E-state index in [0.29, 0.717) is 18.4 Å². The van der Waals surface area contributed by atoms with Gasteiger partial charge in [-0.25, -0.2) is 0 Å². The molecule has 1 unspecified atom stereocenters. The second-order valence-corrected chi connectivity index (χ2v) is 5.91. The van der Waals surface area contributed by atoms with E-state index in [-0.39, 0.29) is 24.2 Å². The van der Waals surface area contributed by atoms with E-state index in [0.717, 1.165) is 45.6 Å². The zero-order valence-electron chi connectivity index (χ0n) is 11.2. The average molecular weight is 288 g/mol. The van der Waals surface area contributed by atoms with Crippen molar-refractivity contribution in [3.8, 4) is 0 Å².